The largest absolute Gasteiger partial charge is 0.368 e. The molecular formula is C15H14F2N6. The number of piperidine rings is 2. The van der Waals surface area contributed by atoms with Crippen LogP contribution >= 0.6 is 0 Å². The Morgan fingerprint density at radius 3 is 2.83 bits per heavy atom. The van der Waals surface area contributed by atoms with Gasteiger partial charge in [-0.1, -0.05) is 0 Å². The second-order valence-corrected chi connectivity index (χ2v) is 6.61. The van der Waals surface area contributed by atoms with E-state index in [9.17, 15) is 8.78 Å². The molecule has 3 fully saturated rings. The minimum Gasteiger partial charge on any atom is -0.368 e. The predicted molar refractivity (Wildman–Crippen MR) is 79.9 cm³/mol. The first-order valence-corrected chi connectivity index (χ1v) is 7.58. The van der Waals surface area contributed by atoms with Gasteiger partial charge in [0.2, 0.25) is 5.95 Å². The third kappa shape index (κ3) is 1.66. The monoisotopic (exact) mass is 316 g/mol. The maximum absolute atomic E-state index is 14.0. The zero-order chi connectivity index (χ0) is 15.8. The molecule has 0 amide bonds. The number of nitrogens with one attached hydrogen (secondary N) is 1. The van der Waals surface area contributed by atoms with Gasteiger partial charge in [-0.3, -0.25) is 0 Å². The van der Waals surface area contributed by atoms with Crippen LogP contribution in [0.15, 0.2) is 12.1 Å². The summed E-state index contributed by atoms with van der Waals surface area (Å²) < 4.78 is 29.0. The third-order valence-corrected chi connectivity index (χ3v) is 5.05. The fourth-order valence-electron chi connectivity index (χ4n) is 3.99. The van der Waals surface area contributed by atoms with Gasteiger partial charge in [0.15, 0.2) is 17.3 Å². The molecule has 0 atom stereocenters. The summed E-state index contributed by atoms with van der Waals surface area (Å²) in [5.41, 5.74) is 6.17. The SMILES string of the molecule is Nc1nc2c(F)cc(F)cc2c2nc(C34CNCC(C3)C4)nn12. The van der Waals surface area contributed by atoms with Crippen LogP contribution in [0, 0.1) is 17.6 Å². The third-order valence-electron chi connectivity index (χ3n) is 5.05. The summed E-state index contributed by atoms with van der Waals surface area (Å²) in [6.45, 7) is 1.84. The van der Waals surface area contributed by atoms with Crippen LogP contribution < -0.4 is 11.1 Å². The summed E-state index contributed by atoms with van der Waals surface area (Å²) in [5.74, 6) is -0.0499. The van der Waals surface area contributed by atoms with Crippen LogP contribution in [0.25, 0.3) is 16.6 Å². The van der Waals surface area contributed by atoms with Crippen molar-refractivity contribution in [2.24, 2.45) is 5.92 Å². The first-order valence-electron chi connectivity index (χ1n) is 7.58. The maximum atomic E-state index is 14.0. The number of anilines is 1. The van der Waals surface area contributed by atoms with Gasteiger partial charge in [-0.2, -0.15) is 4.52 Å². The Kier molecular flexibility index (Phi) is 2.36. The molecule has 6 nitrogen and oxygen atoms in total. The molecule has 2 bridgehead atoms. The lowest BCUT2D eigenvalue weighted by Gasteiger charge is -2.50. The lowest BCUT2D eigenvalue weighted by Crippen LogP contribution is -2.57. The van der Waals surface area contributed by atoms with Crippen molar-refractivity contribution < 1.29 is 8.78 Å². The summed E-state index contributed by atoms with van der Waals surface area (Å²) in [4.78, 5) is 8.60. The van der Waals surface area contributed by atoms with Gasteiger partial charge in [-0.05, 0) is 31.4 Å². The number of hydrogen-bond acceptors (Lipinski definition) is 5. The number of nitrogens with two attached hydrogens (primary N) is 1. The van der Waals surface area contributed by atoms with Crippen LogP contribution in [-0.2, 0) is 5.41 Å². The first kappa shape index (κ1) is 13.1. The van der Waals surface area contributed by atoms with Crippen LogP contribution in [0.1, 0.15) is 18.7 Å². The van der Waals surface area contributed by atoms with Gasteiger partial charge in [0, 0.05) is 18.0 Å². The van der Waals surface area contributed by atoms with Gasteiger partial charge >= 0.3 is 0 Å². The number of benzene rings is 1. The van der Waals surface area contributed by atoms with Crippen molar-refractivity contribution in [3.05, 3.63) is 29.6 Å². The normalized spacial score (nSPS) is 26.6. The van der Waals surface area contributed by atoms with E-state index in [1.54, 1.807) is 0 Å². The Morgan fingerprint density at radius 2 is 2.09 bits per heavy atom. The van der Waals surface area contributed by atoms with Crippen molar-refractivity contribution in [3.8, 4) is 0 Å². The van der Waals surface area contributed by atoms with Crippen LogP contribution in [0.5, 0.6) is 0 Å². The number of hydrogen-bond donors (Lipinski definition) is 2. The molecule has 3 N–H and O–H groups in total. The zero-order valence-corrected chi connectivity index (χ0v) is 12.2. The number of fused-ring (bicyclic) bond motifs is 5. The van der Waals surface area contributed by atoms with Crippen molar-refractivity contribution >= 4 is 22.5 Å². The smallest absolute Gasteiger partial charge is 0.223 e. The average molecular weight is 316 g/mol. The van der Waals surface area contributed by atoms with Gasteiger partial charge < -0.3 is 11.1 Å². The quantitative estimate of drug-likeness (QED) is 0.709. The van der Waals surface area contributed by atoms with Gasteiger partial charge in [0.25, 0.3) is 0 Å². The van der Waals surface area contributed by atoms with Crippen LogP contribution in [0.3, 0.4) is 0 Å². The summed E-state index contributed by atoms with van der Waals surface area (Å²) in [6, 6.07) is 2.02. The number of nitrogen functional groups attached to an aromatic ring is 1. The van der Waals surface area contributed by atoms with E-state index in [1.165, 1.54) is 10.6 Å². The zero-order valence-electron chi connectivity index (χ0n) is 12.2. The number of halogens is 2. The van der Waals surface area contributed by atoms with E-state index in [-0.39, 0.29) is 22.3 Å². The van der Waals surface area contributed by atoms with Gasteiger partial charge in [0.05, 0.1) is 5.39 Å². The molecule has 1 aromatic carbocycles. The molecule has 2 saturated heterocycles. The summed E-state index contributed by atoms with van der Waals surface area (Å²) in [6.07, 6.45) is 2.07. The average Bonchev–Trinajstić information content (AvgIpc) is 2.95. The lowest BCUT2D eigenvalue weighted by molar-refractivity contribution is 0.0823. The number of nitrogens with zero attached hydrogens (tertiary/aromatic N) is 4. The highest BCUT2D eigenvalue weighted by Gasteiger charge is 2.51. The molecule has 3 aromatic rings. The molecule has 3 aliphatic rings. The van der Waals surface area contributed by atoms with Crippen molar-refractivity contribution in [2.75, 3.05) is 18.8 Å². The topological polar surface area (TPSA) is 81.1 Å². The predicted octanol–water partition coefficient (Wildman–Crippen LogP) is 1.39. The molecule has 118 valence electrons. The highest BCUT2D eigenvalue weighted by molar-refractivity contribution is 5.92. The fourth-order valence-corrected chi connectivity index (χ4v) is 3.99. The standard InChI is InChI=1S/C15H14F2N6/c16-8-1-9-11(10(17)2-8)20-14(18)23-12(9)21-13(22-23)15-3-7(4-15)5-19-6-15/h1-2,7,19H,3-6H2,(H2,18,20). The Bertz CT molecular complexity index is 954. The molecule has 2 aromatic heterocycles. The molecule has 0 radical (unpaired) electrons. The number of rotatable bonds is 1. The Labute approximate surface area is 129 Å². The van der Waals surface area contributed by atoms with E-state index in [0.29, 0.717) is 17.4 Å². The summed E-state index contributed by atoms with van der Waals surface area (Å²) in [7, 11) is 0. The fraction of sp³-hybridized carbons (Fsp3) is 0.400. The Morgan fingerprint density at radius 1 is 1.26 bits per heavy atom. The Balaban J connectivity index is 1.79. The van der Waals surface area contributed by atoms with Crippen molar-refractivity contribution in [3.63, 3.8) is 0 Å². The second kappa shape index (κ2) is 4.14. The van der Waals surface area contributed by atoms with E-state index in [1.807, 2.05) is 0 Å². The molecule has 2 aliphatic heterocycles. The number of aromatic nitrogens is 4. The van der Waals surface area contributed by atoms with E-state index < -0.39 is 11.6 Å². The minimum absolute atomic E-state index is 0.0149. The molecule has 6 rings (SSSR count). The molecule has 0 spiro atoms. The van der Waals surface area contributed by atoms with Crippen LogP contribution in [-0.4, -0.2) is 32.7 Å². The first-order chi connectivity index (χ1) is 11.1. The van der Waals surface area contributed by atoms with Crippen molar-refractivity contribution in [1.29, 1.82) is 0 Å². The highest BCUT2D eigenvalue weighted by atomic mass is 19.1. The molecule has 4 heterocycles. The van der Waals surface area contributed by atoms with Gasteiger partial charge in [-0.15, -0.1) is 5.10 Å². The highest BCUT2D eigenvalue weighted by Crippen LogP contribution is 2.48. The van der Waals surface area contributed by atoms with E-state index >= 15 is 0 Å². The minimum atomic E-state index is -0.750. The van der Waals surface area contributed by atoms with E-state index in [4.69, 9.17) is 5.73 Å². The van der Waals surface area contributed by atoms with Crippen LogP contribution in [0.2, 0.25) is 0 Å². The van der Waals surface area contributed by atoms with Crippen LogP contribution in [0.4, 0.5) is 14.7 Å². The second-order valence-electron chi connectivity index (χ2n) is 6.61. The summed E-state index contributed by atoms with van der Waals surface area (Å²) in [5, 5.41) is 8.15. The van der Waals surface area contributed by atoms with Gasteiger partial charge in [0.1, 0.15) is 11.3 Å². The molecule has 0 unspecified atom stereocenters. The van der Waals surface area contributed by atoms with Crippen molar-refractivity contribution in [2.45, 2.75) is 18.3 Å². The molecular weight excluding hydrogens is 302 g/mol. The molecule has 1 saturated carbocycles. The molecule has 8 heteroatoms. The van der Waals surface area contributed by atoms with Gasteiger partial charge in [-0.25, -0.2) is 18.7 Å². The summed E-state index contributed by atoms with van der Waals surface area (Å²) >= 11 is 0. The lowest BCUT2D eigenvalue weighted by atomic mass is 9.59. The Hall–Kier alpha value is -2.35. The molecule has 23 heavy (non-hydrogen) atoms. The molecule has 1 aliphatic carbocycles. The van der Waals surface area contributed by atoms with E-state index in [2.05, 4.69) is 20.4 Å². The maximum Gasteiger partial charge on any atom is 0.223 e. The van der Waals surface area contributed by atoms with E-state index in [0.717, 1.165) is 32.0 Å². The van der Waals surface area contributed by atoms with Crippen molar-refractivity contribution in [1.82, 2.24) is 24.9 Å².